The number of hydrogen-bond acceptors (Lipinski definition) is 1. The highest BCUT2D eigenvalue weighted by atomic mass is 35.5. The molecule has 0 bridgehead atoms. The van der Waals surface area contributed by atoms with Crippen LogP contribution in [0.1, 0.15) is 26.3 Å². The minimum Gasteiger partial charge on any atom is -0.413 e. The van der Waals surface area contributed by atoms with Crippen molar-refractivity contribution in [3.8, 4) is 0 Å². The summed E-state index contributed by atoms with van der Waals surface area (Å²) in [6, 6.07) is 6.46. The van der Waals surface area contributed by atoms with Crippen molar-refractivity contribution >= 4 is 25.5 Å². The van der Waals surface area contributed by atoms with Gasteiger partial charge >= 0.3 is 0 Å². The number of hydrogen-bond donors (Lipinski definition) is 0. The Labute approximate surface area is 127 Å². The minimum absolute atomic E-state index is 0.169. The average molecular weight is 315 g/mol. The molecule has 0 unspecified atom stereocenters. The molecule has 0 atom stereocenters. The molecule has 112 valence electrons. The zero-order valence-electron chi connectivity index (χ0n) is 13.0. The second kappa shape index (κ2) is 6.88. The third kappa shape index (κ3) is 4.72. The van der Waals surface area contributed by atoms with Crippen LogP contribution in [0.5, 0.6) is 0 Å². The average Bonchev–Trinajstić information content (AvgIpc) is 2.34. The van der Waals surface area contributed by atoms with Crippen LogP contribution in [0.4, 0.5) is 4.39 Å². The summed E-state index contributed by atoms with van der Waals surface area (Å²) >= 11 is 5.82. The van der Waals surface area contributed by atoms with Gasteiger partial charge in [0.15, 0.2) is 8.32 Å². The second-order valence-electron chi connectivity index (χ2n) is 6.44. The van der Waals surface area contributed by atoms with Gasteiger partial charge in [-0.1, -0.05) is 39.0 Å². The van der Waals surface area contributed by atoms with Crippen LogP contribution in [0.2, 0.25) is 18.1 Å². The number of rotatable bonds is 5. The Morgan fingerprint density at radius 1 is 1.25 bits per heavy atom. The fourth-order valence-electron chi connectivity index (χ4n) is 1.49. The molecule has 0 fully saturated rings. The first-order chi connectivity index (χ1) is 9.17. The summed E-state index contributed by atoms with van der Waals surface area (Å²) in [5.41, 5.74) is 1.98. The molecule has 0 spiro atoms. The van der Waals surface area contributed by atoms with Gasteiger partial charge in [-0.25, -0.2) is 4.39 Å². The lowest BCUT2D eigenvalue weighted by molar-refractivity contribution is 0.334. The van der Waals surface area contributed by atoms with E-state index in [1.807, 2.05) is 6.08 Å². The fourth-order valence-corrected chi connectivity index (χ4v) is 2.63. The largest absolute Gasteiger partial charge is 0.413 e. The van der Waals surface area contributed by atoms with Crippen molar-refractivity contribution in [2.75, 3.05) is 12.5 Å². The summed E-state index contributed by atoms with van der Waals surface area (Å²) in [7, 11) is -1.80. The zero-order chi connectivity index (χ0) is 15.4. The van der Waals surface area contributed by atoms with Gasteiger partial charge in [0.2, 0.25) is 0 Å². The van der Waals surface area contributed by atoms with Crippen LogP contribution in [0.15, 0.2) is 30.3 Å². The van der Waals surface area contributed by atoms with Gasteiger partial charge in [0.1, 0.15) is 5.82 Å². The molecule has 0 aliphatic rings. The molecule has 0 saturated heterocycles. The molecule has 0 N–H and O–H groups in total. The van der Waals surface area contributed by atoms with Crippen molar-refractivity contribution < 1.29 is 8.82 Å². The minimum atomic E-state index is -1.80. The number of halogens is 2. The van der Waals surface area contributed by atoms with Crippen molar-refractivity contribution in [1.29, 1.82) is 0 Å². The Bertz CT molecular complexity index is 460. The summed E-state index contributed by atoms with van der Waals surface area (Å²) in [6.45, 7) is 11.6. The standard InChI is InChI=1S/C16H24ClFOSi/c1-16(2,3)20(4,5)19-12-14(10-11-17)13-6-8-15(18)9-7-13/h6-10H,11-12H2,1-5H3. The molecular weight excluding hydrogens is 291 g/mol. The lowest BCUT2D eigenvalue weighted by Gasteiger charge is -2.36. The van der Waals surface area contributed by atoms with Crippen LogP contribution in [0.25, 0.3) is 5.57 Å². The molecule has 0 radical (unpaired) electrons. The maximum Gasteiger partial charge on any atom is 0.192 e. The fraction of sp³-hybridized carbons (Fsp3) is 0.500. The monoisotopic (exact) mass is 314 g/mol. The molecule has 0 amide bonds. The van der Waals surface area contributed by atoms with E-state index >= 15 is 0 Å². The van der Waals surface area contributed by atoms with E-state index in [9.17, 15) is 4.39 Å². The van der Waals surface area contributed by atoms with Crippen LogP contribution in [-0.4, -0.2) is 20.8 Å². The van der Waals surface area contributed by atoms with E-state index < -0.39 is 8.32 Å². The molecule has 0 saturated carbocycles. The SMILES string of the molecule is CC(C)(C)[Si](C)(C)OCC(=CCCl)c1ccc(F)cc1. The van der Waals surface area contributed by atoms with Crippen molar-refractivity contribution in [2.24, 2.45) is 0 Å². The molecule has 20 heavy (non-hydrogen) atoms. The predicted octanol–water partition coefficient (Wildman–Crippen LogP) is 5.47. The molecule has 1 aromatic rings. The van der Waals surface area contributed by atoms with Gasteiger partial charge in [0.25, 0.3) is 0 Å². The molecule has 0 aliphatic heterocycles. The van der Waals surface area contributed by atoms with Gasteiger partial charge < -0.3 is 4.43 Å². The summed E-state index contributed by atoms with van der Waals surface area (Å²) in [4.78, 5) is 0. The van der Waals surface area contributed by atoms with Gasteiger partial charge in [0.05, 0.1) is 6.61 Å². The smallest absolute Gasteiger partial charge is 0.192 e. The second-order valence-corrected chi connectivity index (χ2v) is 11.6. The van der Waals surface area contributed by atoms with Gasteiger partial charge in [-0.3, -0.25) is 0 Å². The van der Waals surface area contributed by atoms with Crippen LogP contribution >= 0.6 is 11.6 Å². The molecule has 1 rings (SSSR count). The summed E-state index contributed by atoms with van der Waals surface area (Å²) in [5, 5.41) is 0.169. The first-order valence-electron chi connectivity index (χ1n) is 6.82. The highest BCUT2D eigenvalue weighted by Gasteiger charge is 2.37. The van der Waals surface area contributed by atoms with E-state index in [2.05, 4.69) is 33.9 Å². The Morgan fingerprint density at radius 3 is 2.25 bits per heavy atom. The first kappa shape index (κ1) is 17.4. The highest BCUT2D eigenvalue weighted by molar-refractivity contribution is 6.74. The summed E-state index contributed by atoms with van der Waals surface area (Å²) < 4.78 is 19.2. The van der Waals surface area contributed by atoms with Crippen molar-refractivity contribution in [3.63, 3.8) is 0 Å². The van der Waals surface area contributed by atoms with Crippen LogP contribution < -0.4 is 0 Å². The topological polar surface area (TPSA) is 9.23 Å². The number of benzene rings is 1. The molecule has 0 aromatic heterocycles. The van der Waals surface area contributed by atoms with Gasteiger partial charge in [0, 0.05) is 5.88 Å². The zero-order valence-corrected chi connectivity index (χ0v) is 14.7. The van der Waals surface area contributed by atoms with E-state index in [0.29, 0.717) is 12.5 Å². The maximum absolute atomic E-state index is 13.0. The molecule has 0 heterocycles. The quantitative estimate of drug-likeness (QED) is 0.517. The Kier molecular flexibility index (Phi) is 5.99. The van der Waals surface area contributed by atoms with E-state index in [0.717, 1.165) is 11.1 Å². The van der Waals surface area contributed by atoms with Crippen LogP contribution in [0.3, 0.4) is 0 Å². The Balaban J connectivity index is 2.85. The number of allylic oxidation sites excluding steroid dienone is 1. The van der Waals surface area contributed by atoms with Crippen molar-refractivity contribution in [2.45, 2.75) is 38.9 Å². The van der Waals surface area contributed by atoms with Gasteiger partial charge in [-0.15, -0.1) is 11.6 Å². The lowest BCUT2D eigenvalue weighted by Crippen LogP contribution is -2.41. The number of alkyl halides is 1. The van der Waals surface area contributed by atoms with Crippen LogP contribution in [-0.2, 0) is 4.43 Å². The Hall–Kier alpha value is -0.643. The molecule has 4 heteroatoms. The van der Waals surface area contributed by atoms with Gasteiger partial charge in [-0.05, 0) is 41.4 Å². The van der Waals surface area contributed by atoms with E-state index in [1.54, 1.807) is 12.1 Å². The van der Waals surface area contributed by atoms with E-state index in [1.165, 1.54) is 12.1 Å². The summed E-state index contributed by atoms with van der Waals surface area (Å²) in [6.07, 6.45) is 1.93. The van der Waals surface area contributed by atoms with E-state index in [-0.39, 0.29) is 10.9 Å². The first-order valence-corrected chi connectivity index (χ1v) is 10.3. The normalized spacial score (nSPS) is 13.7. The third-order valence-electron chi connectivity index (χ3n) is 3.93. The maximum atomic E-state index is 13.0. The van der Waals surface area contributed by atoms with E-state index in [4.69, 9.17) is 16.0 Å². The van der Waals surface area contributed by atoms with Crippen molar-refractivity contribution in [3.05, 3.63) is 41.7 Å². The molecule has 1 nitrogen and oxygen atoms in total. The van der Waals surface area contributed by atoms with Crippen molar-refractivity contribution in [1.82, 2.24) is 0 Å². The summed E-state index contributed by atoms with van der Waals surface area (Å²) in [5.74, 6) is 0.192. The highest BCUT2D eigenvalue weighted by Crippen LogP contribution is 2.37. The molecular formula is C16H24ClFOSi. The van der Waals surface area contributed by atoms with Gasteiger partial charge in [-0.2, -0.15) is 0 Å². The third-order valence-corrected chi connectivity index (χ3v) is 8.57. The molecule has 1 aromatic carbocycles. The Morgan fingerprint density at radius 2 is 1.80 bits per heavy atom. The predicted molar refractivity (Wildman–Crippen MR) is 88.2 cm³/mol. The lowest BCUT2D eigenvalue weighted by atomic mass is 10.1. The van der Waals surface area contributed by atoms with Crippen LogP contribution in [0, 0.1) is 5.82 Å². The molecule has 0 aliphatic carbocycles.